The number of hydrogen-bond donors (Lipinski definition) is 3. The summed E-state index contributed by atoms with van der Waals surface area (Å²) in [5, 5.41) is 24.4. The lowest BCUT2D eigenvalue weighted by molar-refractivity contribution is -0.0136. The van der Waals surface area contributed by atoms with Crippen LogP contribution in [0, 0.1) is 5.82 Å². The number of aliphatic hydroxyl groups excluding tert-OH is 1. The van der Waals surface area contributed by atoms with E-state index in [9.17, 15) is 10.2 Å². The number of nitrogens with one attached hydrogen (secondary N) is 1. The molecule has 0 unspecified atom stereocenters. The molecule has 4 rings (SSSR count). The summed E-state index contributed by atoms with van der Waals surface area (Å²) in [5.41, 5.74) is 0.228. The Bertz CT molecular complexity index is 1180. The van der Waals surface area contributed by atoms with Crippen LogP contribution in [0.3, 0.4) is 0 Å². The molecule has 2 aromatic heterocycles. The Morgan fingerprint density at radius 3 is 2.67 bits per heavy atom. The van der Waals surface area contributed by atoms with E-state index in [1.54, 1.807) is 19.9 Å². The number of fused-ring (bicyclic) bond motifs is 1. The number of ether oxygens (including phenoxy) is 1. The highest BCUT2D eigenvalue weighted by molar-refractivity contribution is 6.33. The fourth-order valence-corrected chi connectivity index (χ4v) is 3.96. The fourth-order valence-electron chi connectivity index (χ4n) is 3.76. The molecule has 33 heavy (non-hydrogen) atoms. The van der Waals surface area contributed by atoms with Gasteiger partial charge in [0.15, 0.2) is 5.82 Å². The lowest BCUT2D eigenvalue weighted by atomic mass is 9.99. The van der Waals surface area contributed by atoms with Crippen molar-refractivity contribution >= 4 is 28.5 Å². The smallest absolute Gasteiger partial charge is 0.223 e. The second-order valence-electron chi connectivity index (χ2n) is 9.07. The van der Waals surface area contributed by atoms with E-state index >= 15 is 4.39 Å². The van der Waals surface area contributed by atoms with Crippen molar-refractivity contribution in [3.63, 3.8) is 0 Å². The van der Waals surface area contributed by atoms with Crippen molar-refractivity contribution in [2.24, 2.45) is 0 Å². The van der Waals surface area contributed by atoms with Crippen LogP contribution < -0.4 is 5.32 Å². The molecule has 0 aliphatic carbocycles. The predicted octanol–water partition coefficient (Wildman–Crippen LogP) is 3.79. The molecule has 0 spiro atoms. The van der Waals surface area contributed by atoms with Crippen LogP contribution in [0.4, 0.5) is 10.3 Å². The number of anilines is 1. The monoisotopic (exact) mass is 475 g/mol. The zero-order valence-corrected chi connectivity index (χ0v) is 19.7. The van der Waals surface area contributed by atoms with Gasteiger partial charge in [-0.3, -0.25) is 0 Å². The van der Waals surface area contributed by atoms with E-state index in [1.807, 2.05) is 13.8 Å². The Labute approximate surface area is 196 Å². The van der Waals surface area contributed by atoms with E-state index in [2.05, 4.69) is 25.3 Å². The zero-order chi connectivity index (χ0) is 23.9. The van der Waals surface area contributed by atoms with Crippen LogP contribution >= 0.6 is 11.6 Å². The van der Waals surface area contributed by atoms with E-state index in [0.29, 0.717) is 35.4 Å². The minimum absolute atomic E-state index is 0.0423. The number of aromatic nitrogens is 4. The Hall–Kier alpha value is -2.46. The summed E-state index contributed by atoms with van der Waals surface area (Å²) < 4.78 is 20.5. The second kappa shape index (κ2) is 9.06. The Morgan fingerprint density at radius 1 is 1.24 bits per heavy atom. The lowest BCUT2D eigenvalue weighted by Crippen LogP contribution is -2.42. The van der Waals surface area contributed by atoms with Gasteiger partial charge in [-0.1, -0.05) is 25.4 Å². The van der Waals surface area contributed by atoms with E-state index in [-0.39, 0.29) is 40.9 Å². The molecule has 1 fully saturated rings. The van der Waals surface area contributed by atoms with E-state index < -0.39 is 17.5 Å². The predicted molar refractivity (Wildman–Crippen MR) is 124 cm³/mol. The van der Waals surface area contributed by atoms with Gasteiger partial charge in [-0.15, -0.1) is 0 Å². The molecule has 0 saturated carbocycles. The highest BCUT2D eigenvalue weighted by Crippen LogP contribution is 2.34. The topological polar surface area (TPSA) is 113 Å². The minimum Gasteiger partial charge on any atom is -0.389 e. The van der Waals surface area contributed by atoms with E-state index in [4.69, 9.17) is 16.3 Å². The summed E-state index contributed by atoms with van der Waals surface area (Å²) in [4.78, 5) is 17.5. The van der Waals surface area contributed by atoms with Crippen LogP contribution in [-0.2, 0) is 10.3 Å². The molecular formula is C23H27ClFN5O3. The summed E-state index contributed by atoms with van der Waals surface area (Å²) in [6.45, 7) is 7.78. The minimum atomic E-state index is -1.31. The molecule has 2 atom stereocenters. The number of benzene rings is 1. The third-order valence-electron chi connectivity index (χ3n) is 5.54. The van der Waals surface area contributed by atoms with Gasteiger partial charge in [-0.2, -0.15) is 0 Å². The summed E-state index contributed by atoms with van der Waals surface area (Å²) in [7, 11) is 0. The average Bonchev–Trinajstić information content (AvgIpc) is 2.75. The second-order valence-corrected chi connectivity index (χ2v) is 9.48. The molecule has 3 N–H and O–H groups in total. The Balaban J connectivity index is 1.80. The van der Waals surface area contributed by atoms with E-state index in [0.717, 1.165) is 0 Å². The highest BCUT2D eigenvalue weighted by Gasteiger charge is 2.26. The van der Waals surface area contributed by atoms with Gasteiger partial charge in [0, 0.05) is 17.6 Å². The zero-order valence-electron chi connectivity index (χ0n) is 18.9. The molecule has 0 radical (unpaired) electrons. The molecular weight excluding hydrogens is 449 g/mol. The normalized spacial score (nSPS) is 19.3. The third-order valence-corrected chi connectivity index (χ3v) is 5.81. The van der Waals surface area contributed by atoms with Crippen molar-refractivity contribution < 1.29 is 19.3 Å². The molecule has 3 aromatic rings. The summed E-state index contributed by atoms with van der Waals surface area (Å²) in [6.07, 6.45) is 1.36. The number of halogens is 2. The first kappa shape index (κ1) is 23.7. The van der Waals surface area contributed by atoms with Crippen molar-refractivity contribution in [1.82, 2.24) is 19.9 Å². The molecule has 1 saturated heterocycles. The summed E-state index contributed by atoms with van der Waals surface area (Å²) >= 11 is 6.38. The maximum absolute atomic E-state index is 15.3. The van der Waals surface area contributed by atoms with Crippen molar-refractivity contribution in [1.29, 1.82) is 0 Å². The first-order valence-corrected chi connectivity index (χ1v) is 11.2. The maximum Gasteiger partial charge on any atom is 0.223 e. The van der Waals surface area contributed by atoms with Gasteiger partial charge >= 0.3 is 0 Å². The van der Waals surface area contributed by atoms with Crippen molar-refractivity contribution in [2.45, 2.75) is 57.8 Å². The molecule has 1 aromatic carbocycles. The molecule has 3 heterocycles. The van der Waals surface area contributed by atoms with Gasteiger partial charge in [0.05, 0.1) is 41.4 Å². The molecule has 0 bridgehead atoms. The van der Waals surface area contributed by atoms with Crippen LogP contribution in [0.15, 0.2) is 18.3 Å². The van der Waals surface area contributed by atoms with Crippen LogP contribution in [0.1, 0.15) is 51.6 Å². The molecule has 176 valence electrons. The fraction of sp³-hybridized carbons (Fsp3) is 0.478. The number of nitrogens with zero attached hydrogens (tertiary/aromatic N) is 4. The largest absolute Gasteiger partial charge is 0.389 e. The van der Waals surface area contributed by atoms with Gasteiger partial charge in [0.25, 0.3) is 0 Å². The maximum atomic E-state index is 15.3. The Morgan fingerprint density at radius 2 is 2.00 bits per heavy atom. The number of hydrogen-bond acceptors (Lipinski definition) is 8. The number of aliphatic hydroxyl groups is 2. The SMILES string of the molecule is CC(C)c1nc(C(C)(C)O)nc2c(F)cc(-c3nc(N[C@@H]4CCOC[C@H]4O)ncc3Cl)cc12. The van der Waals surface area contributed by atoms with Crippen LogP contribution in [0.5, 0.6) is 0 Å². The molecule has 8 nitrogen and oxygen atoms in total. The molecule has 0 amide bonds. The third kappa shape index (κ3) is 4.91. The first-order valence-electron chi connectivity index (χ1n) is 10.8. The van der Waals surface area contributed by atoms with Gasteiger partial charge in [-0.05, 0) is 38.3 Å². The van der Waals surface area contributed by atoms with Gasteiger partial charge in [0.2, 0.25) is 5.95 Å². The van der Waals surface area contributed by atoms with Crippen LogP contribution in [0.2, 0.25) is 5.02 Å². The van der Waals surface area contributed by atoms with Gasteiger partial charge in [-0.25, -0.2) is 24.3 Å². The lowest BCUT2D eigenvalue weighted by Gasteiger charge is -2.28. The molecule has 10 heteroatoms. The van der Waals surface area contributed by atoms with Crippen LogP contribution in [0.25, 0.3) is 22.2 Å². The molecule has 1 aliphatic heterocycles. The summed E-state index contributed by atoms with van der Waals surface area (Å²) in [5.74, 6) is -0.175. The highest BCUT2D eigenvalue weighted by atomic mass is 35.5. The Kier molecular flexibility index (Phi) is 6.50. The molecule has 1 aliphatic rings. The van der Waals surface area contributed by atoms with Crippen molar-refractivity contribution in [3.05, 3.63) is 40.7 Å². The number of rotatable bonds is 5. The quantitative estimate of drug-likeness (QED) is 0.510. The van der Waals surface area contributed by atoms with Gasteiger partial charge in [0.1, 0.15) is 16.9 Å². The standard InChI is InChI=1S/C23H27ClFN5O3/c1-11(2)18-13-7-12(8-15(25)20(13)29-21(28-18)23(3,4)32)19-14(24)9-26-22(30-19)27-16-5-6-33-10-17(16)31/h7-9,11,16-17,31-32H,5-6,10H2,1-4H3,(H,26,27,30)/t16-,17-/m1/s1. The van der Waals surface area contributed by atoms with Gasteiger partial charge < -0.3 is 20.3 Å². The van der Waals surface area contributed by atoms with Crippen molar-refractivity contribution in [3.8, 4) is 11.3 Å². The first-order chi connectivity index (χ1) is 15.5. The van der Waals surface area contributed by atoms with E-state index in [1.165, 1.54) is 12.3 Å². The summed E-state index contributed by atoms with van der Waals surface area (Å²) in [6, 6.07) is 2.81. The van der Waals surface area contributed by atoms with Crippen LogP contribution in [-0.4, -0.2) is 55.5 Å². The van der Waals surface area contributed by atoms with Crippen molar-refractivity contribution in [2.75, 3.05) is 18.5 Å². The average molecular weight is 476 g/mol.